The molecule has 0 aliphatic carbocycles. The molecule has 4 heteroatoms. The minimum Gasteiger partial charge on any atom is -0.378 e. The standard InChI is InChI=1S/C15H22N2O2/c18-15(17-10-12-19-13-11-17)7-9-16-8-6-14-4-2-1-3-5-14/h1-5,16H,6-13H2. The highest BCUT2D eigenvalue weighted by Gasteiger charge is 2.15. The Labute approximate surface area is 114 Å². The van der Waals surface area contributed by atoms with Crippen LogP contribution in [0.3, 0.4) is 0 Å². The monoisotopic (exact) mass is 262 g/mol. The molecule has 2 rings (SSSR count). The first-order valence-corrected chi connectivity index (χ1v) is 6.96. The summed E-state index contributed by atoms with van der Waals surface area (Å²) >= 11 is 0. The van der Waals surface area contributed by atoms with Crippen LogP contribution < -0.4 is 5.32 Å². The number of morpholine rings is 1. The van der Waals surface area contributed by atoms with E-state index in [0.29, 0.717) is 19.6 Å². The second-order valence-corrected chi connectivity index (χ2v) is 4.73. The highest BCUT2D eigenvalue weighted by Crippen LogP contribution is 2.00. The van der Waals surface area contributed by atoms with E-state index in [1.165, 1.54) is 5.56 Å². The van der Waals surface area contributed by atoms with E-state index >= 15 is 0 Å². The van der Waals surface area contributed by atoms with Gasteiger partial charge in [0, 0.05) is 26.1 Å². The molecule has 0 bridgehead atoms. The lowest BCUT2D eigenvalue weighted by atomic mass is 10.1. The van der Waals surface area contributed by atoms with Crippen LogP contribution in [0.15, 0.2) is 30.3 Å². The van der Waals surface area contributed by atoms with Crippen LogP contribution in [0.25, 0.3) is 0 Å². The Balaban J connectivity index is 1.55. The maximum Gasteiger partial charge on any atom is 0.224 e. The quantitative estimate of drug-likeness (QED) is 0.780. The van der Waals surface area contributed by atoms with Gasteiger partial charge in [0.1, 0.15) is 0 Å². The Morgan fingerprint density at radius 3 is 2.63 bits per heavy atom. The van der Waals surface area contributed by atoms with Crippen molar-refractivity contribution in [2.45, 2.75) is 12.8 Å². The summed E-state index contributed by atoms with van der Waals surface area (Å²) in [6.07, 6.45) is 1.58. The first-order valence-electron chi connectivity index (χ1n) is 6.96. The van der Waals surface area contributed by atoms with Crippen molar-refractivity contribution < 1.29 is 9.53 Å². The van der Waals surface area contributed by atoms with Gasteiger partial charge in [-0.2, -0.15) is 0 Å². The molecule has 0 unspecified atom stereocenters. The molecule has 1 N–H and O–H groups in total. The van der Waals surface area contributed by atoms with Crippen molar-refractivity contribution >= 4 is 5.91 Å². The second-order valence-electron chi connectivity index (χ2n) is 4.73. The number of hydrogen-bond acceptors (Lipinski definition) is 3. The molecule has 0 radical (unpaired) electrons. The molecule has 104 valence electrons. The summed E-state index contributed by atoms with van der Waals surface area (Å²) in [7, 11) is 0. The summed E-state index contributed by atoms with van der Waals surface area (Å²) < 4.78 is 5.23. The second kappa shape index (κ2) is 7.92. The summed E-state index contributed by atoms with van der Waals surface area (Å²) in [6.45, 7) is 4.50. The predicted octanol–water partition coefficient (Wildman–Crippen LogP) is 1.07. The van der Waals surface area contributed by atoms with Crippen LogP contribution in [0, 0.1) is 0 Å². The zero-order chi connectivity index (χ0) is 13.3. The fraction of sp³-hybridized carbons (Fsp3) is 0.533. The van der Waals surface area contributed by atoms with E-state index < -0.39 is 0 Å². The van der Waals surface area contributed by atoms with E-state index in [2.05, 4.69) is 29.6 Å². The number of ether oxygens (including phenoxy) is 1. The van der Waals surface area contributed by atoms with E-state index in [4.69, 9.17) is 4.74 Å². The molecule has 1 aromatic carbocycles. The fourth-order valence-electron chi connectivity index (χ4n) is 2.17. The third kappa shape index (κ3) is 5.01. The highest BCUT2D eigenvalue weighted by atomic mass is 16.5. The van der Waals surface area contributed by atoms with Gasteiger partial charge in [-0.3, -0.25) is 4.79 Å². The van der Waals surface area contributed by atoms with Crippen LogP contribution in [-0.2, 0) is 16.0 Å². The number of carbonyl (C=O) groups is 1. The number of benzene rings is 1. The molecule has 1 heterocycles. The normalized spacial score (nSPS) is 15.5. The van der Waals surface area contributed by atoms with Gasteiger partial charge in [-0.05, 0) is 18.5 Å². The van der Waals surface area contributed by atoms with Gasteiger partial charge >= 0.3 is 0 Å². The van der Waals surface area contributed by atoms with Crippen molar-refractivity contribution in [2.24, 2.45) is 0 Å². The molecule has 1 aromatic rings. The van der Waals surface area contributed by atoms with Gasteiger partial charge in [0.15, 0.2) is 0 Å². The number of amides is 1. The largest absolute Gasteiger partial charge is 0.378 e. The van der Waals surface area contributed by atoms with Crippen molar-refractivity contribution in [2.75, 3.05) is 39.4 Å². The van der Waals surface area contributed by atoms with Crippen molar-refractivity contribution in [1.29, 1.82) is 0 Å². The van der Waals surface area contributed by atoms with Gasteiger partial charge in [0.05, 0.1) is 13.2 Å². The smallest absolute Gasteiger partial charge is 0.224 e. The molecular weight excluding hydrogens is 240 g/mol. The van der Waals surface area contributed by atoms with Crippen LogP contribution >= 0.6 is 0 Å². The van der Waals surface area contributed by atoms with E-state index in [0.717, 1.165) is 32.6 Å². The minimum atomic E-state index is 0.232. The lowest BCUT2D eigenvalue weighted by Crippen LogP contribution is -2.41. The van der Waals surface area contributed by atoms with Gasteiger partial charge in [-0.25, -0.2) is 0 Å². The Kier molecular flexibility index (Phi) is 5.85. The summed E-state index contributed by atoms with van der Waals surface area (Å²) in [6, 6.07) is 10.4. The molecule has 0 saturated carbocycles. The zero-order valence-corrected chi connectivity index (χ0v) is 11.3. The molecule has 4 nitrogen and oxygen atoms in total. The predicted molar refractivity (Wildman–Crippen MR) is 75.0 cm³/mol. The van der Waals surface area contributed by atoms with Gasteiger partial charge in [0.25, 0.3) is 0 Å². The molecule has 19 heavy (non-hydrogen) atoms. The molecule has 1 aliphatic rings. The first-order chi connectivity index (χ1) is 9.36. The lowest BCUT2D eigenvalue weighted by molar-refractivity contribution is -0.135. The Morgan fingerprint density at radius 2 is 1.89 bits per heavy atom. The van der Waals surface area contributed by atoms with Gasteiger partial charge in [0.2, 0.25) is 5.91 Å². The first kappa shape index (κ1) is 14.0. The average Bonchev–Trinajstić information content (AvgIpc) is 2.49. The third-order valence-electron chi connectivity index (χ3n) is 3.31. The summed E-state index contributed by atoms with van der Waals surface area (Å²) in [5.41, 5.74) is 1.33. The Bertz CT molecular complexity index is 375. The molecule has 1 amide bonds. The minimum absolute atomic E-state index is 0.232. The van der Waals surface area contributed by atoms with Crippen LogP contribution in [0.4, 0.5) is 0 Å². The fourth-order valence-corrected chi connectivity index (χ4v) is 2.17. The highest BCUT2D eigenvalue weighted by molar-refractivity contribution is 5.76. The number of hydrogen-bond donors (Lipinski definition) is 1. The van der Waals surface area contributed by atoms with Crippen LogP contribution in [0.5, 0.6) is 0 Å². The van der Waals surface area contributed by atoms with Crippen LogP contribution in [0.1, 0.15) is 12.0 Å². The van der Waals surface area contributed by atoms with Crippen molar-refractivity contribution in [3.05, 3.63) is 35.9 Å². The van der Waals surface area contributed by atoms with Crippen LogP contribution in [0.2, 0.25) is 0 Å². The molecular formula is C15H22N2O2. The maximum absolute atomic E-state index is 11.9. The Hall–Kier alpha value is -1.39. The molecule has 0 aromatic heterocycles. The van der Waals surface area contributed by atoms with E-state index in [1.54, 1.807) is 0 Å². The van der Waals surface area contributed by atoms with Crippen LogP contribution in [-0.4, -0.2) is 50.2 Å². The molecule has 1 aliphatic heterocycles. The average molecular weight is 262 g/mol. The van der Waals surface area contributed by atoms with E-state index in [9.17, 15) is 4.79 Å². The SMILES string of the molecule is O=C(CCNCCc1ccccc1)N1CCOCC1. The number of carbonyl (C=O) groups excluding carboxylic acids is 1. The van der Waals surface area contributed by atoms with Gasteiger partial charge in [-0.1, -0.05) is 30.3 Å². The van der Waals surface area contributed by atoms with Gasteiger partial charge < -0.3 is 15.0 Å². The zero-order valence-electron chi connectivity index (χ0n) is 11.3. The number of nitrogens with one attached hydrogen (secondary N) is 1. The molecule has 1 saturated heterocycles. The summed E-state index contributed by atoms with van der Waals surface area (Å²) in [5.74, 6) is 0.232. The van der Waals surface area contributed by atoms with E-state index in [-0.39, 0.29) is 5.91 Å². The number of rotatable bonds is 6. The summed E-state index contributed by atoms with van der Waals surface area (Å²) in [5, 5.41) is 3.33. The Morgan fingerprint density at radius 1 is 1.16 bits per heavy atom. The maximum atomic E-state index is 11.9. The topological polar surface area (TPSA) is 41.6 Å². The molecule has 0 atom stereocenters. The number of nitrogens with zero attached hydrogens (tertiary/aromatic N) is 1. The summed E-state index contributed by atoms with van der Waals surface area (Å²) in [4.78, 5) is 13.8. The van der Waals surface area contributed by atoms with Crippen molar-refractivity contribution in [3.63, 3.8) is 0 Å². The van der Waals surface area contributed by atoms with Crippen molar-refractivity contribution in [3.8, 4) is 0 Å². The van der Waals surface area contributed by atoms with E-state index in [1.807, 2.05) is 11.0 Å². The van der Waals surface area contributed by atoms with Crippen molar-refractivity contribution in [1.82, 2.24) is 10.2 Å². The molecule has 1 fully saturated rings. The van der Waals surface area contributed by atoms with Gasteiger partial charge in [-0.15, -0.1) is 0 Å². The molecule has 0 spiro atoms. The lowest BCUT2D eigenvalue weighted by Gasteiger charge is -2.26. The third-order valence-corrected chi connectivity index (χ3v) is 3.31.